The van der Waals surface area contributed by atoms with E-state index in [1.165, 1.54) is 32.1 Å². The molecule has 0 aromatic rings. The first kappa shape index (κ1) is 13.4. The molecule has 2 aliphatic carbocycles. The van der Waals surface area contributed by atoms with Crippen molar-refractivity contribution in [3.05, 3.63) is 0 Å². The fourth-order valence-electron chi connectivity index (χ4n) is 3.86. The van der Waals surface area contributed by atoms with Crippen molar-refractivity contribution in [1.29, 1.82) is 0 Å². The highest BCUT2D eigenvalue weighted by atomic mass is 16.2. The fourth-order valence-corrected chi connectivity index (χ4v) is 3.86. The van der Waals surface area contributed by atoms with E-state index in [9.17, 15) is 4.79 Å². The van der Waals surface area contributed by atoms with Gasteiger partial charge < -0.3 is 4.90 Å². The van der Waals surface area contributed by atoms with Gasteiger partial charge in [0.25, 0.3) is 0 Å². The highest BCUT2D eigenvalue weighted by molar-refractivity contribution is 5.91. The highest BCUT2D eigenvalue weighted by Crippen LogP contribution is 2.45. The molecule has 19 heavy (non-hydrogen) atoms. The summed E-state index contributed by atoms with van der Waals surface area (Å²) < 4.78 is 0. The van der Waals surface area contributed by atoms with Gasteiger partial charge in [0.05, 0.1) is 11.7 Å². The van der Waals surface area contributed by atoms with Crippen molar-refractivity contribution in [1.82, 2.24) is 10.2 Å². The van der Waals surface area contributed by atoms with Gasteiger partial charge in [0, 0.05) is 6.54 Å². The van der Waals surface area contributed by atoms with E-state index in [-0.39, 0.29) is 5.54 Å². The van der Waals surface area contributed by atoms with Crippen LogP contribution in [0.5, 0.6) is 0 Å². The summed E-state index contributed by atoms with van der Waals surface area (Å²) in [5.74, 6) is 1.86. The van der Waals surface area contributed by atoms with Crippen molar-refractivity contribution >= 4 is 5.91 Å². The van der Waals surface area contributed by atoms with Gasteiger partial charge in [-0.05, 0) is 50.4 Å². The second-order valence-electron chi connectivity index (χ2n) is 7.25. The van der Waals surface area contributed by atoms with E-state index in [4.69, 9.17) is 0 Å². The van der Waals surface area contributed by atoms with Crippen LogP contribution in [0.15, 0.2) is 0 Å². The normalized spacial score (nSPS) is 29.9. The summed E-state index contributed by atoms with van der Waals surface area (Å²) in [6.07, 6.45) is 10.2. The van der Waals surface area contributed by atoms with Crippen LogP contribution < -0.4 is 5.32 Å². The van der Waals surface area contributed by atoms with E-state index >= 15 is 0 Å². The molecule has 3 rings (SSSR count). The number of hydrogen-bond donors (Lipinski definition) is 1. The standard InChI is InChI=1S/C16H28N2O/c1-12(2)6-5-11-18-14(13-7-3-4-8-13)17-16(9-10-16)15(18)19/h12-14,17H,3-11H2,1-2H3. The fraction of sp³-hybridized carbons (Fsp3) is 0.938. The Morgan fingerprint density at radius 3 is 2.58 bits per heavy atom. The quantitative estimate of drug-likeness (QED) is 0.828. The van der Waals surface area contributed by atoms with E-state index in [0.717, 1.165) is 31.7 Å². The van der Waals surface area contributed by atoms with Crippen LogP contribution in [0.25, 0.3) is 0 Å². The zero-order valence-electron chi connectivity index (χ0n) is 12.5. The minimum atomic E-state index is -0.120. The summed E-state index contributed by atoms with van der Waals surface area (Å²) in [6, 6.07) is 0. The Bertz CT molecular complexity index is 343. The summed E-state index contributed by atoms with van der Waals surface area (Å²) in [5, 5.41) is 3.70. The summed E-state index contributed by atoms with van der Waals surface area (Å²) in [6.45, 7) is 5.49. The van der Waals surface area contributed by atoms with Crippen LogP contribution in [0.3, 0.4) is 0 Å². The van der Waals surface area contributed by atoms with Crippen LogP contribution in [0, 0.1) is 11.8 Å². The Hall–Kier alpha value is -0.570. The number of rotatable bonds is 5. The Balaban J connectivity index is 1.64. The van der Waals surface area contributed by atoms with Crippen LogP contribution in [0.1, 0.15) is 65.2 Å². The maximum Gasteiger partial charge on any atom is 0.244 e. The number of amides is 1. The van der Waals surface area contributed by atoms with Gasteiger partial charge >= 0.3 is 0 Å². The molecule has 1 spiro atoms. The molecule has 108 valence electrons. The van der Waals surface area contributed by atoms with Crippen molar-refractivity contribution in [3.63, 3.8) is 0 Å². The first-order chi connectivity index (χ1) is 9.12. The van der Waals surface area contributed by atoms with Crippen molar-refractivity contribution in [3.8, 4) is 0 Å². The highest BCUT2D eigenvalue weighted by Gasteiger charge is 2.60. The maximum absolute atomic E-state index is 12.6. The smallest absolute Gasteiger partial charge is 0.244 e. The zero-order valence-corrected chi connectivity index (χ0v) is 12.5. The minimum Gasteiger partial charge on any atom is -0.325 e. The van der Waals surface area contributed by atoms with Gasteiger partial charge in [-0.3, -0.25) is 10.1 Å². The van der Waals surface area contributed by atoms with E-state index in [0.29, 0.717) is 18.0 Å². The molecule has 1 heterocycles. The topological polar surface area (TPSA) is 32.3 Å². The number of carbonyl (C=O) groups is 1. The van der Waals surface area contributed by atoms with Crippen molar-refractivity contribution in [2.75, 3.05) is 6.54 Å². The molecule has 2 saturated carbocycles. The predicted molar refractivity (Wildman–Crippen MR) is 76.6 cm³/mol. The maximum atomic E-state index is 12.6. The minimum absolute atomic E-state index is 0.120. The molecule has 1 unspecified atom stereocenters. The molecule has 3 fully saturated rings. The lowest BCUT2D eigenvalue weighted by molar-refractivity contribution is -0.131. The number of hydrogen-bond acceptors (Lipinski definition) is 2. The first-order valence-corrected chi connectivity index (χ1v) is 8.21. The Morgan fingerprint density at radius 1 is 1.32 bits per heavy atom. The lowest BCUT2D eigenvalue weighted by Crippen LogP contribution is -2.43. The van der Waals surface area contributed by atoms with Gasteiger partial charge in [0.15, 0.2) is 0 Å². The molecule has 3 nitrogen and oxygen atoms in total. The first-order valence-electron chi connectivity index (χ1n) is 8.21. The summed E-state index contributed by atoms with van der Waals surface area (Å²) in [4.78, 5) is 14.8. The second kappa shape index (κ2) is 5.08. The van der Waals surface area contributed by atoms with Crippen molar-refractivity contribution in [2.45, 2.75) is 76.9 Å². The molecular formula is C16H28N2O. The summed E-state index contributed by atoms with van der Waals surface area (Å²) >= 11 is 0. The summed E-state index contributed by atoms with van der Waals surface area (Å²) in [5.41, 5.74) is -0.120. The summed E-state index contributed by atoms with van der Waals surface area (Å²) in [7, 11) is 0. The van der Waals surface area contributed by atoms with Crippen molar-refractivity contribution < 1.29 is 4.79 Å². The third-order valence-corrected chi connectivity index (χ3v) is 5.21. The van der Waals surface area contributed by atoms with E-state index in [2.05, 4.69) is 24.1 Å². The monoisotopic (exact) mass is 264 g/mol. The SMILES string of the molecule is CC(C)CCCN1C(=O)C2(CC2)NC1C1CCCC1. The van der Waals surface area contributed by atoms with Gasteiger partial charge in [-0.25, -0.2) is 0 Å². The van der Waals surface area contributed by atoms with E-state index in [1.54, 1.807) is 0 Å². The molecule has 1 saturated heterocycles. The lowest BCUT2D eigenvalue weighted by Gasteiger charge is -2.29. The van der Waals surface area contributed by atoms with E-state index in [1.807, 2.05) is 0 Å². The number of nitrogens with one attached hydrogen (secondary N) is 1. The molecule has 0 aromatic carbocycles. The molecule has 1 aliphatic heterocycles. The van der Waals surface area contributed by atoms with Gasteiger partial charge in [-0.2, -0.15) is 0 Å². The third-order valence-electron chi connectivity index (χ3n) is 5.21. The molecular weight excluding hydrogens is 236 g/mol. The Morgan fingerprint density at radius 2 is 2.00 bits per heavy atom. The molecule has 1 atom stereocenters. The van der Waals surface area contributed by atoms with Crippen LogP contribution in [-0.2, 0) is 4.79 Å². The Labute approximate surface area is 117 Å². The molecule has 0 aromatic heterocycles. The molecule has 3 heteroatoms. The third kappa shape index (κ3) is 2.54. The lowest BCUT2D eigenvalue weighted by atomic mass is 10.0. The van der Waals surface area contributed by atoms with Gasteiger partial charge in [-0.1, -0.05) is 26.7 Å². The Kier molecular flexibility index (Phi) is 3.59. The van der Waals surface area contributed by atoms with E-state index < -0.39 is 0 Å². The average molecular weight is 264 g/mol. The van der Waals surface area contributed by atoms with Crippen LogP contribution >= 0.6 is 0 Å². The number of nitrogens with zero attached hydrogens (tertiary/aromatic N) is 1. The predicted octanol–water partition coefficient (Wildman–Crippen LogP) is 2.90. The van der Waals surface area contributed by atoms with Gasteiger partial charge in [0.2, 0.25) is 5.91 Å². The zero-order chi connectivity index (χ0) is 13.5. The van der Waals surface area contributed by atoms with Crippen LogP contribution in [0.4, 0.5) is 0 Å². The molecule has 3 aliphatic rings. The van der Waals surface area contributed by atoms with Crippen LogP contribution in [0.2, 0.25) is 0 Å². The van der Waals surface area contributed by atoms with Crippen LogP contribution in [-0.4, -0.2) is 29.1 Å². The number of carbonyl (C=O) groups excluding carboxylic acids is 1. The van der Waals surface area contributed by atoms with Crippen molar-refractivity contribution in [2.24, 2.45) is 11.8 Å². The molecule has 1 amide bonds. The second-order valence-corrected chi connectivity index (χ2v) is 7.25. The van der Waals surface area contributed by atoms with Gasteiger partial charge in [0.1, 0.15) is 0 Å². The molecule has 0 radical (unpaired) electrons. The molecule has 0 bridgehead atoms. The average Bonchev–Trinajstić information content (AvgIpc) is 2.84. The van der Waals surface area contributed by atoms with Gasteiger partial charge in [-0.15, -0.1) is 0 Å². The molecule has 1 N–H and O–H groups in total. The largest absolute Gasteiger partial charge is 0.325 e.